The lowest BCUT2D eigenvalue weighted by Crippen LogP contribution is -2.48. The summed E-state index contributed by atoms with van der Waals surface area (Å²) < 4.78 is 33.1. The Morgan fingerprint density at radius 2 is 1.59 bits per heavy atom. The Morgan fingerprint density at radius 1 is 0.886 bits per heavy atom. The first-order chi connectivity index (χ1) is 20.9. The Hall–Kier alpha value is -5.35. The maximum Gasteiger partial charge on any atom is 0.408 e. The first-order valence-corrected chi connectivity index (χ1v) is 14.5. The number of phenolic OH excluding ortho intramolecular Hbond substituents is 1. The number of alkyl carbamates (subject to hydrolysis) is 1. The zero-order valence-electron chi connectivity index (χ0n) is 23.2. The molecule has 0 aliphatic heterocycles. The van der Waals surface area contributed by atoms with E-state index in [-0.39, 0.29) is 42.5 Å². The van der Waals surface area contributed by atoms with Crippen molar-refractivity contribution in [2.75, 3.05) is 19.7 Å². The molecule has 16 heteroatoms. The van der Waals surface area contributed by atoms with Gasteiger partial charge in [0.2, 0.25) is 10.0 Å². The summed E-state index contributed by atoms with van der Waals surface area (Å²) >= 11 is 0. The highest BCUT2D eigenvalue weighted by molar-refractivity contribution is 7.89. The van der Waals surface area contributed by atoms with E-state index in [2.05, 4.69) is 21.3 Å². The molecule has 8 N–H and O–H groups in total. The monoisotopic (exact) mass is 629 g/mol. The number of urea groups is 1. The third-order valence-electron chi connectivity index (χ3n) is 5.84. The molecular formula is C28H31N5O10S. The van der Waals surface area contributed by atoms with Gasteiger partial charge in [-0.25, -0.2) is 27.9 Å². The quantitative estimate of drug-likeness (QED) is 0.125. The van der Waals surface area contributed by atoms with E-state index in [0.29, 0.717) is 11.1 Å². The Bertz CT molecular complexity index is 1570. The van der Waals surface area contributed by atoms with Crippen LogP contribution in [-0.2, 0) is 32.7 Å². The lowest BCUT2D eigenvalue weighted by atomic mass is 10.1. The van der Waals surface area contributed by atoms with Gasteiger partial charge in [-0.1, -0.05) is 42.5 Å². The topological polar surface area (TPSA) is 235 Å². The van der Waals surface area contributed by atoms with E-state index in [1.54, 1.807) is 30.3 Å². The number of sulfonamides is 1. The second kappa shape index (κ2) is 15.8. The molecule has 0 saturated carbocycles. The van der Waals surface area contributed by atoms with Gasteiger partial charge in [0.1, 0.15) is 30.8 Å². The predicted molar refractivity (Wildman–Crippen MR) is 155 cm³/mol. The van der Waals surface area contributed by atoms with Gasteiger partial charge in [-0.05, 0) is 35.4 Å². The van der Waals surface area contributed by atoms with Crippen molar-refractivity contribution in [2.24, 2.45) is 5.14 Å². The highest BCUT2D eigenvalue weighted by Gasteiger charge is 2.23. The number of nitrogens with one attached hydrogen (secondary N) is 4. The SMILES string of the molecule is NS(=O)(=O)c1ccc(CNC(=O)NCCOc2ccc(C(=O)NC[C@H](NC(=O)OCc3ccccc3)C(=O)O)c(O)c2)cc1. The molecule has 0 aromatic heterocycles. The molecule has 0 unspecified atom stereocenters. The van der Waals surface area contributed by atoms with Crippen molar-refractivity contribution >= 4 is 34.0 Å². The molecule has 44 heavy (non-hydrogen) atoms. The molecule has 0 saturated heterocycles. The highest BCUT2D eigenvalue weighted by Crippen LogP contribution is 2.23. The minimum atomic E-state index is -3.80. The number of carboxylic acid groups (broad SMARTS) is 1. The molecule has 1 atom stereocenters. The Labute approximate surface area is 252 Å². The number of nitrogens with two attached hydrogens (primary N) is 1. The third-order valence-corrected chi connectivity index (χ3v) is 6.77. The Morgan fingerprint density at radius 3 is 2.23 bits per heavy atom. The summed E-state index contributed by atoms with van der Waals surface area (Å²) in [5.74, 6) is -2.45. The molecule has 3 rings (SSSR count). The van der Waals surface area contributed by atoms with E-state index in [0.717, 1.165) is 0 Å². The average molecular weight is 630 g/mol. The van der Waals surface area contributed by atoms with Crippen molar-refractivity contribution in [3.05, 3.63) is 89.5 Å². The standard InChI is InChI=1S/C28H31N5O10S/c29-44(40,41)21-9-6-18(7-10-21)15-32-27(38)30-12-13-42-20-8-11-22(24(34)14-20)25(35)31-16-23(26(36)37)33-28(39)43-17-19-4-2-1-3-5-19/h1-11,14,23,34H,12-13,15-17H2,(H,31,35)(H,33,39)(H,36,37)(H2,29,40,41)(H2,30,32,38)/t23-/m0/s1. The zero-order valence-corrected chi connectivity index (χ0v) is 24.0. The second-order valence-corrected chi connectivity index (χ2v) is 10.7. The minimum absolute atomic E-state index is 0.0216. The van der Waals surface area contributed by atoms with Crippen LogP contribution in [0.4, 0.5) is 9.59 Å². The maximum absolute atomic E-state index is 12.5. The number of phenols is 1. The molecule has 0 fully saturated rings. The average Bonchev–Trinajstić information content (AvgIpc) is 2.99. The number of carbonyl (C=O) groups excluding carboxylic acids is 3. The van der Waals surface area contributed by atoms with Gasteiger partial charge in [-0.3, -0.25) is 4.79 Å². The zero-order chi connectivity index (χ0) is 32.1. The van der Waals surface area contributed by atoms with E-state index in [1.807, 2.05) is 0 Å². The lowest BCUT2D eigenvalue weighted by Gasteiger charge is -2.16. The van der Waals surface area contributed by atoms with E-state index in [1.165, 1.54) is 42.5 Å². The number of carboxylic acids is 1. The van der Waals surface area contributed by atoms with Crippen molar-refractivity contribution in [3.63, 3.8) is 0 Å². The molecular weight excluding hydrogens is 598 g/mol. The van der Waals surface area contributed by atoms with Gasteiger partial charge in [0.25, 0.3) is 5.91 Å². The first-order valence-electron chi connectivity index (χ1n) is 13.0. The third kappa shape index (κ3) is 10.8. The maximum atomic E-state index is 12.5. The fourth-order valence-electron chi connectivity index (χ4n) is 3.57. The number of aromatic hydroxyl groups is 1. The number of amides is 4. The van der Waals surface area contributed by atoms with Crippen molar-refractivity contribution in [2.45, 2.75) is 24.1 Å². The van der Waals surface area contributed by atoms with Crippen molar-refractivity contribution in [3.8, 4) is 11.5 Å². The number of primary sulfonamides is 1. The minimum Gasteiger partial charge on any atom is -0.507 e. The number of hydrogen-bond acceptors (Lipinski definition) is 9. The first kappa shape index (κ1) is 33.2. The summed E-state index contributed by atoms with van der Waals surface area (Å²) in [6.07, 6.45) is -0.982. The number of ether oxygens (including phenoxy) is 2. The Kier molecular flexibility index (Phi) is 11.9. The highest BCUT2D eigenvalue weighted by atomic mass is 32.2. The van der Waals surface area contributed by atoms with Crippen LogP contribution in [0, 0.1) is 0 Å². The Balaban J connectivity index is 1.38. The summed E-state index contributed by atoms with van der Waals surface area (Å²) in [5, 5.41) is 34.4. The molecule has 234 valence electrons. The van der Waals surface area contributed by atoms with Crippen LogP contribution in [-0.4, -0.2) is 68.4 Å². The van der Waals surface area contributed by atoms with E-state index in [9.17, 15) is 37.8 Å². The fourth-order valence-corrected chi connectivity index (χ4v) is 4.08. The molecule has 0 aliphatic carbocycles. The van der Waals surface area contributed by atoms with Crippen molar-refractivity contribution < 1.29 is 47.3 Å². The van der Waals surface area contributed by atoms with E-state index < -0.39 is 52.4 Å². The summed E-state index contributed by atoms with van der Waals surface area (Å²) in [4.78, 5) is 48.0. The van der Waals surface area contributed by atoms with E-state index in [4.69, 9.17) is 14.6 Å². The lowest BCUT2D eigenvalue weighted by molar-refractivity contribution is -0.139. The smallest absolute Gasteiger partial charge is 0.408 e. The molecule has 0 spiro atoms. The van der Waals surface area contributed by atoms with E-state index >= 15 is 0 Å². The van der Waals surface area contributed by atoms with Crippen LogP contribution < -0.4 is 31.1 Å². The molecule has 0 radical (unpaired) electrons. The molecule has 4 amide bonds. The molecule has 15 nitrogen and oxygen atoms in total. The normalized spacial score (nSPS) is 11.5. The van der Waals surface area contributed by atoms with Gasteiger partial charge in [0.05, 0.1) is 17.0 Å². The summed E-state index contributed by atoms with van der Waals surface area (Å²) in [6.45, 7) is -0.305. The summed E-state index contributed by atoms with van der Waals surface area (Å²) in [5.41, 5.74) is 1.19. The van der Waals surface area contributed by atoms with Crippen LogP contribution in [0.3, 0.4) is 0 Å². The number of hydrogen-bond donors (Lipinski definition) is 7. The van der Waals surface area contributed by atoms with Crippen LogP contribution in [0.2, 0.25) is 0 Å². The molecule has 0 aliphatic rings. The number of rotatable bonds is 14. The number of benzene rings is 3. The number of aliphatic carboxylic acids is 1. The van der Waals surface area contributed by atoms with Crippen LogP contribution in [0.1, 0.15) is 21.5 Å². The largest absolute Gasteiger partial charge is 0.507 e. The molecule has 3 aromatic carbocycles. The molecule has 0 bridgehead atoms. The molecule has 0 heterocycles. The van der Waals surface area contributed by atoms with Gasteiger partial charge >= 0.3 is 18.1 Å². The van der Waals surface area contributed by atoms with Gasteiger partial charge in [-0.15, -0.1) is 0 Å². The van der Waals surface area contributed by atoms with Gasteiger partial charge in [0.15, 0.2) is 0 Å². The van der Waals surface area contributed by atoms with Crippen molar-refractivity contribution in [1.29, 1.82) is 0 Å². The fraction of sp³-hybridized carbons (Fsp3) is 0.214. The predicted octanol–water partition coefficient (Wildman–Crippen LogP) is 1.03. The van der Waals surface area contributed by atoms with Gasteiger partial charge < -0.3 is 41.0 Å². The number of carbonyl (C=O) groups is 4. The van der Waals surface area contributed by atoms with Crippen LogP contribution >= 0.6 is 0 Å². The summed E-state index contributed by atoms with van der Waals surface area (Å²) in [6, 6.07) is 16.3. The van der Waals surface area contributed by atoms with Crippen LogP contribution in [0.15, 0.2) is 77.7 Å². The van der Waals surface area contributed by atoms with Crippen LogP contribution in [0.25, 0.3) is 0 Å². The van der Waals surface area contributed by atoms with Gasteiger partial charge in [-0.2, -0.15) is 0 Å². The summed E-state index contributed by atoms with van der Waals surface area (Å²) in [7, 11) is -3.80. The molecule has 3 aromatic rings. The van der Waals surface area contributed by atoms with Gasteiger partial charge in [0, 0.05) is 19.2 Å². The second-order valence-electron chi connectivity index (χ2n) is 9.13. The van der Waals surface area contributed by atoms with Crippen LogP contribution in [0.5, 0.6) is 11.5 Å². The van der Waals surface area contributed by atoms with Crippen molar-refractivity contribution in [1.82, 2.24) is 21.3 Å².